The maximum Gasteiger partial charge on any atom is 0.418 e. The quantitative estimate of drug-likeness (QED) is 0.530. The van der Waals surface area contributed by atoms with Crippen molar-refractivity contribution in [2.45, 2.75) is 13.1 Å². The van der Waals surface area contributed by atoms with E-state index in [0.29, 0.717) is 5.69 Å². The summed E-state index contributed by atoms with van der Waals surface area (Å²) in [5.41, 5.74) is -1.24. The van der Waals surface area contributed by atoms with Gasteiger partial charge in [0, 0.05) is 17.1 Å². The van der Waals surface area contributed by atoms with Crippen LogP contribution >= 0.6 is 0 Å². The molecule has 0 bridgehead atoms. The Hall–Kier alpha value is -4.01. The maximum atomic E-state index is 13.4. The average Bonchev–Trinajstić information content (AvgIpc) is 2.73. The summed E-state index contributed by atoms with van der Waals surface area (Å²) in [5.74, 6) is -0.847. The number of hydrogen-bond donors (Lipinski definition) is 1. The second-order valence-electron chi connectivity index (χ2n) is 6.80. The minimum absolute atomic E-state index is 0.158. The molecule has 1 N–H and O–H groups in total. The van der Waals surface area contributed by atoms with Gasteiger partial charge in [0.15, 0.2) is 5.69 Å². The monoisotopic (exact) mass is 424 g/mol. The molecule has 0 saturated heterocycles. The van der Waals surface area contributed by atoms with E-state index in [-0.39, 0.29) is 11.4 Å². The Morgan fingerprint density at radius 1 is 1.03 bits per heavy atom. The minimum Gasteiger partial charge on any atom is -0.319 e. The molecule has 0 spiro atoms. The van der Waals surface area contributed by atoms with Crippen LogP contribution in [0.25, 0.3) is 16.6 Å². The number of fused-ring (bicyclic) bond motifs is 1. The molecule has 6 nitrogen and oxygen atoms in total. The summed E-state index contributed by atoms with van der Waals surface area (Å²) in [7, 11) is 0. The number of nitrogens with one attached hydrogen (secondary N) is 1. The third kappa shape index (κ3) is 4.02. The molecule has 156 valence electrons. The summed E-state index contributed by atoms with van der Waals surface area (Å²) in [5, 5.41) is 7.25. The number of aromatic nitrogens is 3. The largest absolute Gasteiger partial charge is 0.418 e. The van der Waals surface area contributed by atoms with Crippen LogP contribution < -0.4 is 10.7 Å². The third-order valence-electron chi connectivity index (χ3n) is 4.61. The van der Waals surface area contributed by atoms with Crippen LogP contribution in [0.4, 0.5) is 18.9 Å². The van der Waals surface area contributed by atoms with Gasteiger partial charge in [-0.25, -0.2) is 4.68 Å². The number of nitrogens with zero attached hydrogens (tertiary/aromatic N) is 3. The molecule has 0 atom stereocenters. The molecule has 31 heavy (non-hydrogen) atoms. The minimum atomic E-state index is -4.63. The van der Waals surface area contributed by atoms with Gasteiger partial charge in [0.25, 0.3) is 5.91 Å². The van der Waals surface area contributed by atoms with Crippen molar-refractivity contribution in [3.05, 3.63) is 94.0 Å². The van der Waals surface area contributed by atoms with Gasteiger partial charge in [-0.2, -0.15) is 18.3 Å². The zero-order valence-corrected chi connectivity index (χ0v) is 16.1. The van der Waals surface area contributed by atoms with E-state index in [0.717, 1.165) is 27.7 Å². The Bertz CT molecular complexity index is 1360. The normalized spacial score (nSPS) is 11.5. The van der Waals surface area contributed by atoms with Crippen LogP contribution in [-0.4, -0.2) is 20.7 Å². The van der Waals surface area contributed by atoms with Crippen molar-refractivity contribution in [1.29, 1.82) is 0 Å². The lowest BCUT2D eigenvalue weighted by Gasteiger charge is -2.16. The van der Waals surface area contributed by atoms with Gasteiger partial charge in [0.1, 0.15) is 0 Å². The number of pyridine rings is 1. The molecule has 1 amide bonds. The first-order valence-electron chi connectivity index (χ1n) is 9.18. The van der Waals surface area contributed by atoms with E-state index < -0.39 is 28.8 Å². The summed E-state index contributed by atoms with van der Waals surface area (Å²) in [6.07, 6.45) is -3.21. The number of hydrogen-bond acceptors (Lipinski definition) is 4. The highest BCUT2D eigenvalue weighted by atomic mass is 19.4. The van der Waals surface area contributed by atoms with Crippen molar-refractivity contribution in [3.8, 4) is 5.69 Å². The Labute approximate surface area is 174 Å². The fourth-order valence-electron chi connectivity index (χ4n) is 3.18. The summed E-state index contributed by atoms with van der Waals surface area (Å²) in [6, 6.07) is 14.8. The van der Waals surface area contributed by atoms with Gasteiger partial charge in [-0.05, 0) is 31.2 Å². The molecule has 4 rings (SSSR count). The van der Waals surface area contributed by atoms with E-state index in [2.05, 4.69) is 15.4 Å². The van der Waals surface area contributed by atoms with Crippen LogP contribution in [0.3, 0.4) is 0 Å². The van der Waals surface area contributed by atoms with E-state index in [4.69, 9.17) is 0 Å². The first-order chi connectivity index (χ1) is 14.7. The zero-order valence-electron chi connectivity index (χ0n) is 16.1. The lowest BCUT2D eigenvalue weighted by molar-refractivity contribution is -0.137. The van der Waals surface area contributed by atoms with Gasteiger partial charge in [-0.3, -0.25) is 14.6 Å². The van der Waals surface area contributed by atoms with E-state index in [1.54, 1.807) is 12.1 Å². The molecule has 0 aliphatic carbocycles. The van der Waals surface area contributed by atoms with Crippen LogP contribution in [0, 0.1) is 6.92 Å². The lowest BCUT2D eigenvalue weighted by Crippen LogP contribution is -2.27. The van der Waals surface area contributed by atoms with Crippen molar-refractivity contribution in [2.75, 3.05) is 5.32 Å². The molecule has 2 heterocycles. The highest BCUT2D eigenvalue weighted by molar-refractivity contribution is 6.03. The van der Waals surface area contributed by atoms with E-state index in [9.17, 15) is 22.8 Å². The van der Waals surface area contributed by atoms with Gasteiger partial charge in [-0.1, -0.05) is 30.3 Å². The van der Waals surface area contributed by atoms with Crippen LogP contribution in [0.15, 0.2) is 71.7 Å². The summed E-state index contributed by atoms with van der Waals surface area (Å²) >= 11 is 0. The predicted molar refractivity (Wildman–Crippen MR) is 109 cm³/mol. The van der Waals surface area contributed by atoms with E-state index in [1.165, 1.54) is 31.3 Å². The SMILES string of the molecule is Cc1cc(=O)c(C(=O)Nc2cnc3ccccc3c2)nn1-c1ccccc1C(F)(F)F. The molecule has 0 fully saturated rings. The number of carbonyl (C=O) groups excluding carboxylic acids is 1. The van der Waals surface area contributed by atoms with Crippen molar-refractivity contribution < 1.29 is 18.0 Å². The zero-order chi connectivity index (χ0) is 22.2. The maximum absolute atomic E-state index is 13.4. The van der Waals surface area contributed by atoms with Gasteiger partial charge in [0.05, 0.1) is 28.7 Å². The predicted octanol–water partition coefficient (Wildman–Crippen LogP) is 4.36. The molecule has 0 aliphatic rings. The van der Waals surface area contributed by atoms with Crippen LogP contribution in [0.1, 0.15) is 21.7 Å². The van der Waals surface area contributed by atoms with Gasteiger partial charge in [0.2, 0.25) is 5.43 Å². The topological polar surface area (TPSA) is 76.9 Å². The standard InChI is InChI=1S/C22H15F3N4O2/c1-13-10-19(30)20(28-29(13)18-9-5-3-7-16(18)22(23,24)25)21(31)27-15-11-14-6-2-4-8-17(14)26-12-15/h2-12H,1H3,(H,27,31). The van der Waals surface area contributed by atoms with E-state index >= 15 is 0 Å². The Kier molecular flexibility index (Phi) is 5.02. The number of halogens is 3. The van der Waals surface area contributed by atoms with Crippen LogP contribution in [0.5, 0.6) is 0 Å². The number of rotatable bonds is 3. The molecule has 0 radical (unpaired) electrons. The van der Waals surface area contributed by atoms with Crippen LogP contribution in [-0.2, 0) is 6.18 Å². The smallest absolute Gasteiger partial charge is 0.319 e. The molecule has 2 aromatic heterocycles. The van der Waals surface area contributed by atoms with Crippen molar-refractivity contribution in [3.63, 3.8) is 0 Å². The molecule has 4 aromatic rings. The number of carbonyl (C=O) groups is 1. The molecular weight excluding hydrogens is 409 g/mol. The number of benzene rings is 2. The number of amides is 1. The van der Waals surface area contributed by atoms with Gasteiger partial charge in [-0.15, -0.1) is 0 Å². The number of alkyl halides is 3. The molecule has 2 aromatic carbocycles. The number of anilines is 1. The average molecular weight is 424 g/mol. The van der Waals surface area contributed by atoms with Gasteiger partial charge >= 0.3 is 6.18 Å². The fourth-order valence-corrected chi connectivity index (χ4v) is 3.18. The number of aryl methyl sites for hydroxylation is 1. The van der Waals surface area contributed by atoms with Crippen molar-refractivity contribution in [1.82, 2.24) is 14.8 Å². The van der Waals surface area contributed by atoms with Crippen molar-refractivity contribution >= 4 is 22.5 Å². The second-order valence-corrected chi connectivity index (χ2v) is 6.80. The van der Waals surface area contributed by atoms with E-state index in [1.807, 2.05) is 18.2 Å². The first kappa shape index (κ1) is 20.3. The lowest BCUT2D eigenvalue weighted by atomic mass is 10.1. The summed E-state index contributed by atoms with van der Waals surface area (Å²) in [4.78, 5) is 29.3. The third-order valence-corrected chi connectivity index (χ3v) is 4.61. The molecular formula is C22H15F3N4O2. The number of para-hydroxylation sites is 2. The Balaban J connectivity index is 1.74. The Morgan fingerprint density at radius 3 is 2.52 bits per heavy atom. The summed E-state index contributed by atoms with van der Waals surface area (Å²) in [6.45, 7) is 1.44. The van der Waals surface area contributed by atoms with Gasteiger partial charge < -0.3 is 5.32 Å². The molecule has 0 unspecified atom stereocenters. The Morgan fingerprint density at radius 2 is 1.74 bits per heavy atom. The highest BCUT2D eigenvalue weighted by Gasteiger charge is 2.34. The highest BCUT2D eigenvalue weighted by Crippen LogP contribution is 2.33. The first-order valence-corrected chi connectivity index (χ1v) is 9.18. The molecule has 0 saturated carbocycles. The molecule has 0 aliphatic heterocycles. The fraction of sp³-hybridized carbons (Fsp3) is 0.0909. The summed E-state index contributed by atoms with van der Waals surface area (Å²) < 4.78 is 41.2. The van der Waals surface area contributed by atoms with Crippen LogP contribution in [0.2, 0.25) is 0 Å². The molecule has 9 heteroatoms. The van der Waals surface area contributed by atoms with Crippen molar-refractivity contribution in [2.24, 2.45) is 0 Å². The second kappa shape index (κ2) is 7.67.